The van der Waals surface area contributed by atoms with Crippen molar-refractivity contribution in [2.75, 3.05) is 34.4 Å². The average molecular weight is 709 g/mol. The molecule has 2 aliphatic heterocycles. The maximum Gasteiger partial charge on any atom is 0.264 e. The van der Waals surface area contributed by atoms with Gasteiger partial charge in [-0.15, -0.1) is 0 Å². The third-order valence-corrected chi connectivity index (χ3v) is 12.3. The fourth-order valence-electron chi connectivity index (χ4n) is 5.62. The molecule has 0 fully saturated rings. The smallest absolute Gasteiger partial charge is 0.264 e. The molecule has 0 saturated heterocycles. The predicted octanol–water partition coefficient (Wildman–Crippen LogP) is 7.87. The van der Waals surface area contributed by atoms with Gasteiger partial charge in [0.25, 0.3) is 20.2 Å². The maximum atomic E-state index is 11.2. The number of fused-ring (bicyclic) bond motifs is 2. The van der Waals surface area contributed by atoms with E-state index in [4.69, 9.17) is 20.7 Å². The minimum atomic E-state index is -3.97. The van der Waals surface area contributed by atoms with Gasteiger partial charge in [0.1, 0.15) is 0 Å². The normalized spacial score (nSPS) is 20.6. The molecule has 13 heteroatoms. The van der Waals surface area contributed by atoms with E-state index in [1.54, 1.807) is 23.5 Å². The first-order chi connectivity index (χ1) is 21.5. The molecule has 1 aliphatic carbocycles. The van der Waals surface area contributed by atoms with Crippen LogP contribution in [-0.4, -0.2) is 55.9 Å². The van der Waals surface area contributed by atoms with Gasteiger partial charge in [-0.2, -0.15) is 16.8 Å². The van der Waals surface area contributed by atoms with Crippen molar-refractivity contribution in [2.24, 2.45) is 0 Å². The van der Waals surface area contributed by atoms with Crippen LogP contribution >= 0.6 is 35.1 Å². The van der Waals surface area contributed by atoms with E-state index >= 15 is 0 Å². The van der Waals surface area contributed by atoms with E-state index < -0.39 is 20.2 Å². The summed E-state index contributed by atoms with van der Waals surface area (Å²) < 4.78 is 62.9. The van der Waals surface area contributed by atoms with E-state index in [1.807, 2.05) is 24.3 Å². The number of halogens is 1. The lowest BCUT2D eigenvalue weighted by Crippen LogP contribution is -2.29. The molecule has 8 nitrogen and oxygen atoms in total. The van der Waals surface area contributed by atoms with Crippen molar-refractivity contribution in [2.45, 2.75) is 60.1 Å². The van der Waals surface area contributed by atoms with Crippen LogP contribution in [0.3, 0.4) is 0 Å². The number of thioether (sulfide) groups is 2. The van der Waals surface area contributed by atoms with Crippen molar-refractivity contribution >= 4 is 66.7 Å². The highest BCUT2D eigenvalue weighted by Gasteiger charge is 2.28. The van der Waals surface area contributed by atoms with Crippen molar-refractivity contribution in [1.29, 1.82) is 0 Å². The fourth-order valence-corrected chi connectivity index (χ4v) is 9.39. The zero-order chi connectivity index (χ0) is 32.0. The largest absolute Gasteiger partial charge is 0.355 e. The molecule has 2 heterocycles. The molecule has 1 atom stereocenters. The number of anilines is 2. The molecule has 45 heavy (non-hydrogen) atoms. The molecule has 3 aliphatic rings. The highest BCUT2D eigenvalue weighted by molar-refractivity contribution is 8.03. The highest BCUT2D eigenvalue weighted by atomic mass is 35.5. The van der Waals surface area contributed by atoms with Gasteiger partial charge >= 0.3 is 0 Å². The average Bonchev–Trinajstić information content (AvgIpc) is 3.52. The molecule has 0 aromatic heterocycles. The summed E-state index contributed by atoms with van der Waals surface area (Å²) in [5.74, 6) is -0.479. The minimum Gasteiger partial charge on any atom is -0.355 e. The Morgan fingerprint density at radius 2 is 1.47 bits per heavy atom. The summed E-state index contributed by atoms with van der Waals surface area (Å²) in [6.07, 6.45) is 13.3. The molecule has 2 aromatic rings. The summed E-state index contributed by atoms with van der Waals surface area (Å²) in [5, 5.41) is 1.85. The molecule has 0 bridgehead atoms. The zero-order valence-electron chi connectivity index (χ0n) is 24.7. The third kappa shape index (κ3) is 9.43. The van der Waals surface area contributed by atoms with E-state index in [9.17, 15) is 16.8 Å². The number of unbranched alkanes of at least 4 members (excludes halogenated alkanes) is 2. The lowest BCUT2D eigenvalue weighted by Gasteiger charge is -2.25. The van der Waals surface area contributed by atoms with Crippen LogP contribution in [0.25, 0.3) is 0 Å². The Hall–Kier alpha value is -2.19. The van der Waals surface area contributed by atoms with Crippen molar-refractivity contribution in [3.63, 3.8) is 0 Å². The van der Waals surface area contributed by atoms with Gasteiger partial charge in [-0.05, 0) is 86.4 Å². The van der Waals surface area contributed by atoms with Crippen LogP contribution in [0, 0.1) is 0 Å². The van der Waals surface area contributed by atoms with Crippen LogP contribution in [0.15, 0.2) is 104 Å². The zero-order valence-corrected chi connectivity index (χ0v) is 28.7. The Balaban J connectivity index is 1.30. The fraction of sp³-hybridized carbons (Fsp3) is 0.375. The van der Waals surface area contributed by atoms with Crippen LogP contribution in [0.4, 0.5) is 11.4 Å². The van der Waals surface area contributed by atoms with E-state index in [2.05, 4.69) is 58.4 Å². The first-order valence-corrected chi connectivity index (χ1v) is 20.2. The number of rotatable bonds is 13. The molecule has 242 valence electrons. The predicted molar refractivity (Wildman–Crippen MR) is 186 cm³/mol. The monoisotopic (exact) mass is 708 g/mol. The lowest BCUT2D eigenvalue weighted by molar-refractivity contribution is 0.478. The van der Waals surface area contributed by atoms with Gasteiger partial charge in [0.2, 0.25) is 0 Å². The second-order valence-corrected chi connectivity index (χ2v) is 16.9. The van der Waals surface area contributed by atoms with Gasteiger partial charge in [-0.3, -0.25) is 9.11 Å². The first kappa shape index (κ1) is 34.2. The van der Waals surface area contributed by atoms with Gasteiger partial charge in [0, 0.05) is 27.9 Å². The quantitative estimate of drug-likeness (QED) is 0.157. The first-order valence-electron chi connectivity index (χ1n) is 14.9. The van der Waals surface area contributed by atoms with Gasteiger partial charge in [-0.1, -0.05) is 77.6 Å². The number of allylic oxidation sites excluding steroid dienone is 6. The summed E-state index contributed by atoms with van der Waals surface area (Å²) in [6, 6.07) is 16.3. The van der Waals surface area contributed by atoms with Crippen molar-refractivity contribution < 1.29 is 25.9 Å². The van der Waals surface area contributed by atoms with Crippen molar-refractivity contribution in [3.05, 3.63) is 94.0 Å². The number of para-hydroxylation sites is 2. The standard InChI is InChI=1S/C32H37ClN2O6S4/c33-32-24(16-18-30-34(20-5-7-22-44(36,37)38)26-12-1-3-14-28(26)42-30)10-9-11-25(32)17-19-31-35(21-6-8-23-45(39,40)41)27-13-2-4-15-29(27)43-31/h1-4,12-19,30H,5-11,20-23H2,(H,36,37,38)(H,39,40,41). The summed E-state index contributed by atoms with van der Waals surface area (Å²) >= 11 is 10.4. The van der Waals surface area contributed by atoms with E-state index in [0.717, 1.165) is 56.7 Å². The molecule has 0 spiro atoms. The van der Waals surface area contributed by atoms with Crippen LogP contribution in [-0.2, 0) is 20.2 Å². The van der Waals surface area contributed by atoms with E-state index in [1.165, 1.54) is 4.90 Å². The Morgan fingerprint density at radius 1 is 0.822 bits per heavy atom. The Bertz CT molecular complexity index is 1740. The van der Waals surface area contributed by atoms with Crippen LogP contribution < -0.4 is 9.80 Å². The molecule has 2 aromatic carbocycles. The SMILES string of the molecule is O=S(=O)(O)CCCCN1C(=CC=C2CCCC(C=CC3Sc4ccccc4N3CCCCS(=O)(=O)O)=C2Cl)Sc2ccccc21. The molecular weight excluding hydrogens is 672 g/mol. The maximum absolute atomic E-state index is 11.2. The summed E-state index contributed by atoms with van der Waals surface area (Å²) in [7, 11) is -7.94. The molecule has 1 unspecified atom stereocenters. The topological polar surface area (TPSA) is 115 Å². The molecule has 0 saturated carbocycles. The molecule has 5 rings (SSSR count). The van der Waals surface area contributed by atoms with Gasteiger partial charge in [0.05, 0.1) is 33.3 Å². The van der Waals surface area contributed by atoms with Crippen LogP contribution in [0.1, 0.15) is 44.9 Å². The summed E-state index contributed by atoms with van der Waals surface area (Å²) in [6.45, 7) is 1.31. The third-order valence-electron chi connectivity index (χ3n) is 7.80. The molecule has 0 amide bonds. The van der Waals surface area contributed by atoms with Crippen molar-refractivity contribution in [1.82, 2.24) is 0 Å². The lowest BCUT2D eigenvalue weighted by atomic mass is 9.94. The Kier molecular flexibility index (Phi) is 11.5. The number of hydrogen-bond acceptors (Lipinski definition) is 8. The van der Waals surface area contributed by atoms with Gasteiger partial charge < -0.3 is 9.80 Å². The van der Waals surface area contributed by atoms with Gasteiger partial charge in [-0.25, -0.2) is 0 Å². The van der Waals surface area contributed by atoms with E-state index in [0.29, 0.717) is 38.8 Å². The molecular formula is C32H37ClN2O6S4. The minimum absolute atomic E-state index is 0.0457. The van der Waals surface area contributed by atoms with Crippen LogP contribution in [0.5, 0.6) is 0 Å². The Morgan fingerprint density at radius 3 is 2.18 bits per heavy atom. The second-order valence-electron chi connectivity index (χ2n) is 11.1. The second kappa shape index (κ2) is 15.1. The molecule has 2 N–H and O–H groups in total. The van der Waals surface area contributed by atoms with Crippen molar-refractivity contribution in [3.8, 4) is 0 Å². The Labute approximate surface area is 279 Å². The highest BCUT2D eigenvalue weighted by Crippen LogP contribution is 2.47. The number of hydrogen-bond donors (Lipinski definition) is 2. The summed E-state index contributed by atoms with van der Waals surface area (Å²) in [5.41, 5.74) is 4.37. The number of benzene rings is 2. The van der Waals surface area contributed by atoms with Crippen LogP contribution in [0.2, 0.25) is 0 Å². The van der Waals surface area contributed by atoms with Gasteiger partial charge in [0.15, 0.2) is 0 Å². The summed E-state index contributed by atoms with van der Waals surface area (Å²) in [4.78, 5) is 6.79. The van der Waals surface area contributed by atoms with E-state index in [-0.39, 0.29) is 16.9 Å². The molecule has 0 radical (unpaired) electrons. The number of nitrogens with zero attached hydrogens (tertiary/aromatic N) is 2.